The second-order valence-electron chi connectivity index (χ2n) is 5.13. The van der Waals surface area contributed by atoms with E-state index in [1.54, 1.807) is 7.11 Å². The Morgan fingerprint density at radius 2 is 1.31 bits per heavy atom. The number of methoxy groups -OCH3 is 1. The zero-order chi connectivity index (χ0) is 12.7. The third-order valence-corrected chi connectivity index (χ3v) is 3.48. The van der Waals surface area contributed by atoms with Gasteiger partial charge in [-0.25, -0.2) is 0 Å². The molecule has 2 heteroatoms. The molecule has 90 valence electrons. The molecular weight excluding hydrogens is 198 g/mol. The Balaban J connectivity index is 3.72. The van der Waals surface area contributed by atoms with Crippen molar-refractivity contribution in [2.75, 3.05) is 7.11 Å². The smallest absolute Gasteiger partial charge is 0.127 e. The molecule has 0 bridgehead atoms. The summed E-state index contributed by atoms with van der Waals surface area (Å²) in [6.07, 6.45) is 0. The number of benzene rings is 1. The summed E-state index contributed by atoms with van der Waals surface area (Å²) in [5, 5.41) is 0. The zero-order valence-electron chi connectivity index (χ0n) is 11.5. The first-order valence-corrected chi connectivity index (χ1v) is 5.65. The van der Waals surface area contributed by atoms with Crippen molar-refractivity contribution in [3.63, 3.8) is 0 Å². The molecule has 0 amide bonds. The molecule has 0 saturated carbocycles. The average molecular weight is 221 g/mol. The summed E-state index contributed by atoms with van der Waals surface area (Å²) in [5.41, 5.74) is 12.0. The molecule has 0 heterocycles. The van der Waals surface area contributed by atoms with Crippen LogP contribution in [0.15, 0.2) is 0 Å². The van der Waals surface area contributed by atoms with Crippen LogP contribution in [0.1, 0.15) is 41.7 Å². The van der Waals surface area contributed by atoms with E-state index in [1.807, 2.05) is 13.8 Å². The molecule has 0 unspecified atom stereocenters. The minimum atomic E-state index is -0.376. The normalized spacial score (nSPS) is 11.8. The van der Waals surface area contributed by atoms with Crippen molar-refractivity contribution in [1.82, 2.24) is 0 Å². The van der Waals surface area contributed by atoms with Crippen molar-refractivity contribution >= 4 is 0 Å². The molecule has 0 radical (unpaired) electrons. The predicted octanol–water partition coefficient (Wildman–Crippen LogP) is 3.12. The Morgan fingerprint density at radius 3 is 1.69 bits per heavy atom. The van der Waals surface area contributed by atoms with Crippen LogP contribution in [0.25, 0.3) is 0 Å². The lowest BCUT2D eigenvalue weighted by Gasteiger charge is -2.28. The largest absolute Gasteiger partial charge is 0.496 e. The SMILES string of the molecule is COc1c(C)c(C)c(C)c(C)c1C(C)(C)N. The number of ether oxygens (including phenoxy) is 1. The molecular formula is C14H23NO. The van der Waals surface area contributed by atoms with Crippen LogP contribution in [-0.4, -0.2) is 7.11 Å². The zero-order valence-corrected chi connectivity index (χ0v) is 11.5. The number of rotatable bonds is 2. The van der Waals surface area contributed by atoms with Crippen LogP contribution in [-0.2, 0) is 5.54 Å². The fourth-order valence-corrected chi connectivity index (χ4v) is 2.31. The average Bonchev–Trinajstić information content (AvgIpc) is 2.18. The van der Waals surface area contributed by atoms with E-state index in [9.17, 15) is 0 Å². The van der Waals surface area contributed by atoms with E-state index in [2.05, 4.69) is 27.7 Å². The molecule has 1 aromatic rings. The summed E-state index contributed by atoms with van der Waals surface area (Å²) >= 11 is 0. The fourth-order valence-electron chi connectivity index (χ4n) is 2.31. The van der Waals surface area contributed by atoms with Gasteiger partial charge in [-0.05, 0) is 63.8 Å². The molecule has 0 aromatic heterocycles. The summed E-state index contributed by atoms with van der Waals surface area (Å²) in [6, 6.07) is 0. The van der Waals surface area contributed by atoms with Crippen LogP contribution in [0.5, 0.6) is 5.75 Å². The van der Waals surface area contributed by atoms with Gasteiger partial charge >= 0.3 is 0 Å². The van der Waals surface area contributed by atoms with Crippen molar-refractivity contribution in [3.05, 3.63) is 27.8 Å². The highest BCUT2D eigenvalue weighted by Gasteiger charge is 2.25. The van der Waals surface area contributed by atoms with Crippen molar-refractivity contribution in [2.24, 2.45) is 5.73 Å². The van der Waals surface area contributed by atoms with Gasteiger partial charge in [0.1, 0.15) is 5.75 Å². The molecule has 1 rings (SSSR count). The molecule has 0 aliphatic heterocycles. The maximum atomic E-state index is 6.24. The van der Waals surface area contributed by atoms with Gasteiger partial charge in [0.2, 0.25) is 0 Å². The lowest BCUT2D eigenvalue weighted by Crippen LogP contribution is -2.31. The molecule has 0 saturated heterocycles. The first-order valence-electron chi connectivity index (χ1n) is 5.65. The van der Waals surface area contributed by atoms with Gasteiger partial charge in [0.05, 0.1) is 7.11 Å². The van der Waals surface area contributed by atoms with E-state index >= 15 is 0 Å². The Labute approximate surface area is 98.8 Å². The van der Waals surface area contributed by atoms with E-state index < -0.39 is 0 Å². The Bertz CT molecular complexity index is 414. The topological polar surface area (TPSA) is 35.2 Å². The van der Waals surface area contributed by atoms with Gasteiger partial charge in [-0.1, -0.05) is 0 Å². The third-order valence-electron chi connectivity index (χ3n) is 3.48. The molecule has 0 fully saturated rings. The van der Waals surface area contributed by atoms with Crippen molar-refractivity contribution in [1.29, 1.82) is 0 Å². The van der Waals surface area contributed by atoms with Gasteiger partial charge < -0.3 is 10.5 Å². The maximum absolute atomic E-state index is 6.24. The van der Waals surface area contributed by atoms with Crippen LogP contribution in [0.4, 0.5) is 0 Å². The van der Waals surface area contributed by atoms with E-state index in [1.165, 1.54) is 22.3 Å². The Kier molecular flexibility index (Phi) is 3.34. The lowest BCUT2D eigenvalue weighted by atomic mass is 9.84. The van der Waals surface area contributed by atoms with Crippen LogP contribution < -0.4 is 10.5 Å². The van der Waals surface area contributed by atoms with Crippen LogP contribution in [0.3, 0.4) is 0 Å². The van der Waals surface area contributed by atoms with E-state index in [0.29, 0.717) is 0 Å². The van der Waals surface area contributed by atoms with E-state index in [-0.39, 0.29) is 5.54 Å². The molecule has 16 heavy (non-hydrogen) atoms. The summed E-state index contributed by atoms with van der Waals surface area (Å²) in [7, 11) is 1.71. The number of nitrogens with two attached hydrogens (primary N) is 1. The molecule has 0 aliphatic carbocycles. The lowest BCUT2D eigenvalue weighted by molar-refractivity contribution is 0.390. The molecule has 0 aliphatic rings. The summed E-state index contributed by atoms with van der Waals surface area (Å²) < 4.78 is 5.54. The van der Waals surface area contributed by atoms with Gasteiger partial charge in [0, 0.05) is 11.1 Å². The molecule has 0 spiro atoms. The van der Waals surface area contributed by atoms with Crippen molar-refractivity contribution in [3.8, 4) is 5.75 Å². The molecule has 2 nitrogen and oxygen atoms in total. The summed E-state index contributed by atoms with van der Waals surface area (Å²) in [5.74, 6) is 0.938. The van der Waals surface area contributed by atoms with Gasteiger partial charge in [-0.15, -0.1) is 0 Å². The quantitative estimate of drug-likeness (QED) is 0.832. The first kappa shape index (κ1) is 13.0. The Hall–Kier alpha value is -1.02. The highest BCUT2D eigenvalue weighted by atomic mass is 16.5. The van der Waals surface area contributed by atoms with E-state index in [4.69, 9.17) is 10.5 Å². The number of hydrogen-bond donors (Lipinski definition) is 1. The van der Waals surface area contributed by atoms with Gasteiger partial charge in [-0.2, -0.15) is 0 Å². The van der Waals surface area contributed by atoms with Gasteiger partial charge in [0.15, 0.2) is 0 Å². The second-order valence-corrected chi connectivity index (χ2v) is 5.13. The monoisotopic (exact) mass is 221 g/mol. The Morgan fingerprint density at radius 1 is 0.875 bits per heavy atom. The summed E-state index contributed by atoms with van der Waals surface area (Å²) in [4.78, 5) is 0. The number of hydrogen-bond acceptors (Lipinski definition) is 2. The molecule has 1 aromatic carbocycles. The fraction of sp³-hybridized carbons (Fsp3) is 0.571. The van der Waals surface area contributed by atoms with Crippen LogP contribution in [0.2, 0.25) is 0 Å². The van der Waals surface area contributed by atoms with Crippen molar-refractivity contribution in [2.45, 2.75) is 47.1 Å². The van der Waals surface area contributed by atoms with Crippen LogP contribution in [0, 0.1) is 27.7 Å². The van der Waals surface area contributed by atoms with E-state index in [0.717, 1.165) is 11.3 Å². The molecule has 2 N–H and O–H groups in total. The maximum Gasteiger partial charge on any atom is 0.127 e. The van der Waals surface area contributed by atoms with Crippen LogP contribution >= 0.6 is 0 Å². The standard InChI is InChI=1S/C14H23NO/c1-8-9(2)11(4)13(16-7)12(10(8)3)14(5,6)15/h15H2,1-7H3. The van der Waals surface area contributed by atoms with Crippen molar-refractivity contribution < 1.29 is 4.74 Å². The minimum Gasteiger partial charge on any atom is -0.496 e. The highest BCUT2D eigenvalue weighted by Crippen LogP contribution is 2.37. The predicted molar refractivity (Wildman–Crippen MR) is 69.2 cm³/mol. The molecule has 0 atom stereocenters. The second kappa shape index (κ2) is 4.10. The minimum absolute atomic E-state index is 0.376. The summed E-state index contributed by atoms with van der Waals surface area (Å²) in [6.45, 7) is 12.5. The van der Waals surface area contributed by atoms with Gasteiger partial charge in [-0.3, -0.25) is 0 Å². The third kappa shape index (κ3) is 1.94. The highest BCUT2D eigenvalue weighted by molar-refractivity contribution is 5.56. The van der Waals surface area contributed by atoms with Gasteiger partial charge in [0.25, 0.3) is 0 Å². The first-order chi connectivity index (χ1) is 7.21.